The van der Waals surface area contributed by atoms with Gasteiger partial charge in [0.05, 0.1) is 0 Å². The molecule has 0 amide bonds. The van der Waals surface area contributed by atoms with Gasteiger partial charge in [-0.15, -0.1) is 0 Å². The molecule has 0 aromatic rings. The summed E-state index contributed by atoms with van der Waals surface area (Å²) in [6.45, 7) is 6.42. The predicted molar refractivity (Wildman–Crippen MR) is 43.4 cm³/mol. The molecule has 72 valence electrons. The summed E-state index contributed by atoms with van der Waals surface area (Å²) in [6.07, 6.45) is 0.0608. The molecular formula is C8H16O4. The van der Waals surface area contributed by atoms with Crippen LogP contribution in [-0.2, 0) is 19.0 Å². The quantitative estimate of drug-likeness (QED) is 0.433. The van der Waals surface area contributed by atoms with E-state index < -0.39 is 6.29 Å². The van der Waals surface area contributed by atoms with Gasteiger partial charge < -0.3 is 14.2 Å². The van der Waals surface area contributed by atoms with Crippen molar-refractivity contribution in [1.82, 2.24) is 0 Å². The van der Waals surface area contributed by atoms with E-state index in [0.717, 1.165) is 6.42 Å². The van der Waals surface area contributed by atoms with Crippen LogP contribution in [0.15, 0.2) is 0 Å². The summed E-state index contributed by atoms with van der Waals surface area (Å²) >= 11 is 0. The highest BCUT2D eigenvalue weighted by Crippen LogP contribution is 2.00. The molecule has 0 heterocycles. The first-order valence-corrected chi connectivity index (χ1v) is 4.06. The first kappa shape index (κ1) is 11.4. The number of carbonyl (C=O) groups is 1. The molecule has 4 nitrogen and oxygen atoms in total. The molecule has 4 heteroatoms. The molecule has 0 spiro atoms. The fourth-order valence-corrected chi connectivity index (χ4v) is 0.703. The Bertz CT molecular complexity index is 116. The van der Waals surface area contributed by atoms with Crippen molar-refractivity contribution < 1.29 is 19.0 Å². The van der Waals surface area contributed by atoms with Crippen LogP contribution in [0.2, 0.25) is 0 Å². The van der Waals surface area contributed by atoms with Crippen molar-refractivity contribution in [2.24, 2.45) is 0 Å². The van der Waals surface area contributed by atoms with E-state index in [1.807, 2.05) is 6.92 Å². The topological polar surface area (TPSA) is 44.8 Å². The van der Waals surface area contributed by atoms with Gasteiger partial charge in [0.2, 0.25) is 6.29 Å². The van der Waals surface area contributed by atoms with Crippen LogP contribution in [0, 0.1) is 0 Å². The van der Waals surface area contributed by atoms with Crippen LogP contribution in [0.25, 0.3) is 0 Å². The summed E-state index contributed by atoms with van der Waals surface area (Å²) in [5, 5.41) is 0. The standard InChI is InChI=1S/C8H16O4/c1-4-5-10-7(2)12-8(3)11-6-9/h6-8H,4-5H2,1-3H3. The Morgan fingerprint density at radius 2 is 2.00 bits per heavy atom. The molecule has 0 saturated carbocycles. The third-order valence-electron chi connectivity index (χ3n) is 1.19. The van der Waals surface area contributed by atoms with Gasteiger partial charge in [0, 0.05) is 6.61 Å². The highest BCUT2D eigenvalue weighted by Gasteiger charge is 2.07. The fourth-order valence-electron chi connectivity index (χ4n) is 0.703. The highest BCUT2D eigenvalue weighted by atomic mass is 16.8. The molecule has 0 aliphatic heterocycles. The summed E-state index contributed by atoms with van der Waals surface area (Å²) in [7, 11) is 0. The van der Waals surface area contributed by atoms with Crippen LogP contribution in [0.5, 0.6) is 0 Å². The van der Waals surface area contributed by atoms with Crippen molar-refractivity contribution in [2.45, 2.75) is 39.8 Å². The first-order chi connectivity index (χ1) is 5.70. The largest absolute Gasteiger partial charge is 0.438 e. The van der Waals surface area contributed by atoms with Crippen LogP contribution in [-0.4, -0.2) is 25.7 Å². The van der Waals surface area contributed by atoms with E-state index in [1.165, 1.54) is 0 Å². The lowest BCUT2D eigenvalue weighted by molar-refractivity contribution is -0.222. The Morgan fingerprint density at radius 3 is 2.50 bits per heavy atom. The average Bonchev–Trinajstić information content (AvgIpc) is 2.01. The molecule has 0 radical (unpaired) electrons. The third kappa shape index (κ3) is 6.12. The number of hydrogen-bond acceptors (Lipinski definition) is 4. The Labute approximate surface area is 72.8 Å². The summed E-state index contributed by atoms with van der Waals surface area (Å²) in [4.78, 5) is 9.87. The van der Waals surface area contributed by atoms with Gasteiger partial charge in [0.25, 0.3) is 6.47 Å². The minimum Gasteiger partial charge on any atom is -0.438 e. The maximum Gasteiger partial charge on any atom is 0.295 e. The average molecular weight is 176 g/mol. The van der Waals surface area contributed by atoms with Crippen molar-refractivity contribution in [3.63, 3.8) is 0 Å². The normalized spacial score (nSPS) is 15.2. The van der Waals surface area contributed by atoms with Crippen molar-refractivity contribution in [3.05, 3.63) is 0 Å². The van der Waals surface area contributed by atoms with Crippen LogP contribution in [0.4, 0.5) is 0 Å². The molecule has 0 fully saturated rings. The van der Waals surface area contributed by atoms with E-state index >= 15 is 0 Å². The van der Waals surface area contributed by atoms with Gasteiger partial charge in [-0.05, 0) is 20.3 Å². The van der Waals surface area contributed by atoms with Gasteiger partial charge in [-0.25, -0.2) is 0 Å². The van der Waals surface area contributed by atoms with E-state index in [1.54, 1.807) is 13.8 Å². The molecule has 2 unspecified atom stereocenters. The Morgan fingerprint density at radius 1 is 1.33 bits per heavy atom. The summed E-state index contributed by atoms with van der Waals surface area (Å²) in [5.41, 5.74) is 0. The van der Waals surface area contributed by atoms with Crippen LogP contribution >= 0.6 is 0 Å². The van der Waals surface area contributed by atoms with E-state index in [-0.39, 0.29) is 6.29 Å². The zero-order chi connectivity index (χ0) is 9.40. The van der Waals surface area contributed by atoms with Gasteiger partial charge in [0.15, 0.2) is 6.29 Å². The number of hydrogen-bond donors (Lipinski definition) is 0. The highest BCUT2D eigenvalue weighted by molar-refractivity contribution is 5.37. The molecule has 0 aliphatic carbocycles. The second-order valence-electron chi connectivity index (χ2n) is 2.37. The lowest BCUT2D eigenvalue weighted by Crippen LogP contribution is -2.22. The zero-order valence-corrected chi connectivity index (χ0v) is 7.78. The molecule has 0 bridgehead atoms. The van der Waals surface area contributed by atoms with Crippen LogP contribution in [0.3, 0.4) is 0 Å². The summed E-state index contributed by atoms with van der Waals surface area (Å²) in [5.74, 6) is 0. The van der Waals surface area contributed by atoms with Gasteiger partial charge in [0.1, 0.15) is 0 Å². The van der Waals surface area contributed by atoms with E-state index in [4.69, 9.17) is 9.47 Å². The third-order valence-corrected chi connectivity index (χ3v) is 1.19. The van der Waals surface area contributed by atoms with E-state index in [2.05, 4.69) is 4.74 Å². The maximum absolute atomic E-state index is 9.87. The smallest absolute Gasteiger partial charge is 0.295 e. The first-order valence-electron chi connectivity index (χ1n) is 4.06. The molecule has 0 aromatic carbocycles. The van der Waals surface area contributed by atoms with E-state index in [9.17, 15) is 4.79 Å². The Kier molecular flexibility index (Phi) is 6.70. The van der Waals surface area contributed by atoms with Gasteiger partial charge in [-0.3, -0.25) is 4.79 Å². The van der Waals surface area contributed by atoms with Crippen molar-refractivity contribution >= 4 is 6.47 Å². The summed E-state index contributed by atoms with van der Waals surface area (Å²) < 4.78 is 14.8. The minimum atomic E-state index is -0.547. The molecular weight excluding hydrogens is 160 g/mol. The zero-order valence-electron chi connectivity index (χ0n) is 7.78. The van der Waals surface area contributed by atoms with Crippen LogP contribution in [0.1, 0.15) is 27.2 Å². The Balaban J connectivity index is 3.39. The fraction of sp³-hybridized carbons (Fsp3) is 0.875. The lowest BCUT2D eigenvalue weighted by atomic mass is 10.5. The van der Waals surface area contributed by atoms with Crippen LogP contribution < -0.4 is 0 Å². The number of ether oxygens (including phenoxy) is 3. The monoisotopic (exact) mass is 176 g/mol. The molecule has 0 saturated heterocycles. The number of rotatable bonds is 7. The van der Waals surface area contributed by atoms with Gasteiger partial charge in [-0.2, -0.15) is 0 Å². The second-order valence-corrected chi connectivity index (χ2v) is 2.37. The molecule has 0 aliphatic rings. The molecule has 0 aromatic heterocycles. The van der Waals surface area contributed by atoms with Gasteiger partial charge >= 0.3 is 0 Å². The SMILES string of the molecule is CCCOC(C)OC(C)OC=O. The van der Waals surface area contributed by atoms with E-state index in [0.29, 0.717) is 13.1 Å². The molecule has 0 N–H and O–H groups in total. The predicted octanol–water partition coefficient (Wildman–Crippen LogP) is 1.29. The van der Waals surface area contributed by atoms with Crippen molar-refractivity contribution in [1.29, 1.82) is 0 Å². The molecule has 0 rings (SSSR count). The van der Waals surface area contributed by atoms with Gasteiger partial charge in [-0.1, -0.05) is 6.92 Å². The second kappa shape index (κ2) is 7.06. The number of carbonyl (C=O) groups excluding carboxylic acids is 1. The molecule has 2 atom stereocenters. The maximum atomic E-state index is 9.87. The van der Waals surface area contributed by atoms with Crippen molar-refractivity contribution in [3.8, 4) is 0 Å². The lowest BCUT2D eigenvalue weighted by Gasteiger charge is -2.17. The Hall–Kier alpha value is -0.610. The minimum absolute atomic E-state index is 0.333. The molecule has 12 heavy (non-hydrogen) atoms. The summed E-state index contributed by atoms with van der Waals surface area (Å²) in [6, 6.07) is 0. The van der Waals surface area contributed by atoms with Crippen molar-refractivity contribution in [2.75, 3.05) is 6.61 Å².